The van der Waals surface area contributed by atoms with Crippen LogP contribution in [0.1, 0.15) is 33.6 Å². The molecule has 0 aliphatic heterocycles. The molecule has 1 fully saturated rings. The molecule has 1 saturated carbocycles. The predicted molar refractivity (Wildman–Crippen MR) is 127 cm³/mol. The molecule has 4 rings (SSSR count). The van der Waals surface area contributed by atoms with E-state index in [2.05, 4.69) is 19.2 Å². The summed E-state index contributed by atoms with van der Waals surface area (Å²) < 4.78 is 6.96. The fourth-order valence-corrected chi connectivity index (χ4v) is 5.49. The Bertz CT molecular complexity index is 1230. The number of pyridine rings is 2. The van der Waals surface area contributed by atoms with Crippen LogP contribution in [0.4, 0.5) is 5.82 Å². The van der Waals surface area contributed by atoms with Gasteiger partial charge >= 0.3 is 5.97 Å². The lowest BCUT2D eigenvalue weighted by Crippen LogP contribution is -2.41. The Labute approximate surface area is 190 Å². The van der Waals surface area contributed by atoms with Crippen LogP contribution >= 0.6 is 23.4 Å². The summed E-state index contributed by atoms with van der Waals surface area (Å²) in [6.07, 6.45) is 4.02. The molecule has 164 valence electrons. The number of ether oxygens (including phenoxy) is 1. The van der Waals surface area contributed by atoms with Gasteiger partial charge in [-0.25, -0.2) is 4.98 Å². The zero-order chi connectivity index (χ0) is 22.3. The summed E-state index contributed by atoms with van der Waals surface area (Å²) >= 11 is 7.88. The minimum absolute atomic E-state index is 0.0536. The third-order valence-electron chi connectivity index (χ3n) is 5.72. The van der Waals surface area contributed by atoms with Gasteiger partial charge in [-0.3, -0.25) is 9.59 Å². The highest BCUT2D eigenvalue weighted by Crippen LogP contribution is 2.41. The Hall–Kier alpha value is -2.25. The van der Waals surface area contributed by atoms with Gasteiger partial charge < -0.3 is 14.6 Å². The van der Waals surface area contributed by atoms with E-state index < -0.39 is 0 Å². The summed E-state index contributed by atoms with van der Waals surface area (Å²) in [4.78, 5) is 31.2. The normalized spacial score (nSPS) is 15.8. The van der Waals surface area contributed by atoms with Crippen molar-refractivity contribution in [2.45, 2.75) is 51.1 Å². The minimum atomic E-state index is -0.387. The van der Waals surface area contributed by atoms with Crippen molar-refractivity contribution in [2.75, 3.05) is 18.2 Å². The summed E-state index contributed by atoms with van der Waals surface area (Å²) in [5.74, 6) is 0.304. The SMILES string of the molecule is CCOC(=O)Cn1c2nc(NC3CC(C)(C)C3)ccc2c(=O)c2ccc(Cl)c(SC)c21. The van der Waals surface area contributed by atoms with E-state index in [1.54, 1.807) is 29.7 Å². The van der Waals surface area contributed by atoms with E-state index >= 15 is 0 Å². The molecule has 0 atom stereocenters. The van der Waals surface area contributed by atoms with Crippen LogP contribution in [0.3, 0.4) is 0 Å². The molecular weight excluding hydrogens is 434 g/mol. The fourth-order valence-electron chi connectivity index (χ4n) is 4.43. The molecule has 3 aromatic rings. The van der Waals surface area contributed by atoms with Gasteiger partial charge in [0.1, 0.15) is 18.0 Å². The minimum Gasteiger partial charge on any atom is -0.465 e. The Morgan fingerprint density at radius 1 is 1.29 bits per heavy atom. The van der Waals surface area contributed by atoms with Crippen LogP contribution in [0.2, 0.25) is 5.02 Å². The van der Waals surface area contributed by atoms with Crippen LogP contribution in [0.25, 0.3) is 21.9 Å². The van der Waals surface area contributed by atoms with Gasteiger partial charge in [-0.05, 0) is 55.7 Å². The van der Waals surface area contributed by atoms with Gasteiger partial charge in [-0.15, -0.1) is 11.8 Å². The number of hydrogen-bond acceptors (Lipinski definition) is 6. The van der Waals surface area contributed by atoms with E-state index in [1.807, 2.05) is 12.3 Å². The Morgan fingerprint density at radius 3 is 2.65 bits per heavy atom. The highest BCUT2D eigenvalue weighted by atomic mass is 35.5. The number of thioether (sulfide) groups is 1. The van der Waals surface area contributed by atoms with Crippen molar-refractivity contribution in [3.8, 4) is 0 Å². The van der Waals surface area contributed by atoms with E-state index in [0.29, 0.717) is 44.2 Å². The molecule has 6 nitrogen and oxygen atoms in total. The second-order valence-electron chi connectivity index (χ2n) is 8.68. The number of fused-ring (bicyclic) bond motifs is 2. The number of carbonyl (C=O) groups excluding carboxylic acids is 1. The van der Waals surface area contributed by atoms with Gasteiger partial charge in [0.2, 0.25) is 0 Å². The highest BCUT2D eigenvalue weighted by Gasteiger charge is 2.36. The first kappa shape index (κ1) is 22.0. The van der Waals surface area contributed by atoms with Gasteiger partial charge in [0, 0.05) is 11.4 Å². The highest BCUT2D eigenvalue weighted by molar-refractivity contribution is 7.99. The monoisotopic (exact) mass is 459 g/mol. The average Bonchev–Trinajstić information content (AvgIpc) is 2.69. The number of halogens is 1. The number of nitrogens with one attached hydrogen (secondary N) is 1. The molecule has 2 aromatic heterocycles. The van der Waals surface area contributed by atoms with Gasteiger partial charge in [-0.1, -0.05) is 25.4 Å². The molecule has 1 aliphatic rings. The van der Waals surface area contributed by atoms with Crippen molar-refractivity contribution < 1.29 is 9.53 Å². The topological polar surface area (TPSA) is 73.2 Å². The molecule has 0 spiro atoms. The second-order valence-corrected chi connectivity index (χ2v) is 9.90. The Balaban J connectivity index is 1.93. The Kier molecular flexibility index (Phi) is 5.92. The number of carbonyl (C=O) groups is 1. The van der Waals surface area contributed by atoms with E-state index in [1.165, 1.54) is 11.8 Å². The lowest BCUT2D eigenvalue weighted by Gasteiger charge is -2.43. The predicted octanol–water partition coefficient (Wildman–Crippen LogP) is 5.09. The van der Waals surface area contributed by atoms with Gasteiger partial charge in [0.25, 0.3) is 0 Å². The fraction of sp³-hybridized carbons (Fsp3) is 0.435. The first-order valence-corrected chi connectivity index (χ1v) is 12.0. The summed E-state index contributed by atoms with van der Waals surface area (Å²) in [7, 11) is 0. The molecule has 0 saturated heterocycles. The molecular formula is C23H26ClN3O3S. The van der Waals surface area contributed by atoms with E-state index in [-0.39, 0.29) is 24.5 Å². The maximum Gasteiger partial charge on any atom is 0.326 e. The zero-order valence-electron chi connectivity index (χ0n) is 18.1. The van der Waals surface area contributed by atoms with Crippen LogP contribution in [0.5, 0.6) is 0 Å². The summed E-state index contributed by atoms with van der Waals surface area (Å²) in [6.45, 7) is 6.49. The standard InChI is InChI=1S/C23H26ClN3O3S/c1-5-30-18(28)12-27-19-14(6-8-16(24)21(19)31-4)20(29)15-7-9-17(26-22(15)27)25-13-10-23(2,3)11-13/h6-9,13H,5,10-12H2,1-4H3,(H,25,26). The summed E-state index contributed by atoms with van der Waals surface area (Å²) in [5.41, 5.74) is 1.27. The summed E-state index contributed by atoms with van der Waals surface area (Å²) in [5, 5.41) is 4.97. The van der Waals surface area contributed by atoms with Crippen LogP contribution < -0.4 is 10.7 Å². The van der Waals surface area contributed by atoms with Crippen molar-refractivity contribution in [1.82, 2.24) is 9.55 Å². The van der Waals surface area contributed by atoms with Gasteiger partial charge in [0.15, 0.2) is 5.43 Å². The number of nitrogens with zero attached hydrogens (tertiary/aromatic N) is 2. The number of rotatable bonds is 6. The number of hydrogen-bond donors (Lipinski definition) is 1. The maximum absolute atomic E-state index is 13.3. The molecule has 8 heteroatoms. The molecule has 0 radical (unpaired) electrons. The largest absolute Gasteiger partial charge is 0.465 e. The molecule has 1 N–H and O–H groups in total. The van der Waals surface area contributed by atoms with Crippen molar-refractivity contribution in [3.05, 3.63) is 39.5 Å². The third-order valence-corrected chi connectivity index (χ3v) is 6.97. The molecule has 0 bridgehead atoms. The number of aromatic nitrogens is 2. The van der Waals surface area contributed by atoms with Crippen LogP contribution in [0, 0.1) is 5.41 Å². The molecule has 1 aliphatic carbocycles. The molecule has 2 heterocycles. The Morgan fingerprint density at radius 2 is 2.00 bits per heavy atom. The van der Waals surface area contributed by atoms with Crippen molar-refractivity contribution in [3.63, 3.8) is 0 Å². The van der Waals surface area contributed by atoms with Crippen molar-refractivity contribution in [2.24, 2.45) is 5.41 Å². The van der Waals surface area contributed by atoms with E-state index in [0.717, 1.165) is 17.7 Å². The first-order chi connectivity index (χ1) is 14.7. The molecule has 31 heavy (non-hydrogen) atoms. The van der Waals surface area contributed by atoms with Crippen LogP contribution in [-0.2, 0) is 16.1 Å². The van der Waals surface area contributed by atoms with Crippen molar-refractivity contribution >= 4 is 57.1 Å². The lowest BCUT2D eigenvalue weighted by atomic mass is 9.68. The van der Waals surface area contributed by atoms with E-state index in [9.17, 15) is 9.59 Å². The first-order valence-electron chi connectivity index (χ1n) is 10.4. The number of benzene rings is 1. The lowest BCUT2D eigenvalue weighted by molar-refractivity contribution is -0.143. The number of esters is 1. The van der Waals surface area contributed by atoms with Crippen LogP contribution in [0.15, 0.2) is 34.0 Å². The van der Waals surface area contributed by atoms with Gasteiger partial charge in [-0.2, -0.15) is 0 Å². The second kappa shape index (κ2) is 8.36. The third kappa shape index (κ3) is 4.13. The van der Waals surface area contributed by atoms with Crippen molar-refractivity contribution in [1.29, 1.82) is 0 Å². The zero-order valence-corrected chi connectivity index (χ0v) is 19.7. The quantitative estimate of drug-likeness (QED) is 0.314. The summed E-state index contributed by atoms with van der Waals surface area (Å²) in [6, 6.07) is 7.40. The maximum atomic E-state index is 13.3. The molecule has 0 amide bonds. The number of anilines is 1. The molecule has 0 unspecified atom stereocenters. The van der Waals surface area contributed by atoms with Gasteiger partial charge in [0.05, 0.1) is 27.4 Å². The smallest absolute Gasteiger partial charge is 0.326 e. The molecule has 1 aromatic carbocycles. The van der Waals surface area contributed by atoms with E-state index in [4.69, 9.17) is 21.3 Å². The average molecular weight is 460 g/mol. The van der Waals surface area contributed by atoms with Crippen LogP contribution in [-0.4, -0.2) is 34.4 Å².